The minimum atomic E-state index is -0.901. The molecular formula is C23H20N4O3. The molecule has 0 radical (unpaired) electrons. The fourth-order valence-electron chi connectivity index (χ4n) is 3.42. The van der Waals surface area contributed by atoms with Gasteiger partial charge in [0.25, 0.3) is 5.91 Å². The molecule has 7 heteroatoms. The number of hydrogen-bond acceptors (Lipinski definition) is 4. The minimum absolute atomic E-state index is 0.176. The van der Waals surface area contributed by atoms with Gasteiger partial charge < -0.3 is 15.5 Å². The van der Waals surface area contributed by atoms with Crippen molar-refractivity contribution < 1.29 is 14.4 Å². The SMILES string of the molecule is O=C(NCc1cccnc1)C(=O)N[C@H]1C(=O)N(Cc2ccccc2)c2ccccc21. The van der Waals surface area contributed by atoms with Gasteiger partial charge in [-0.05, 0) is 23.3 Å². The maximum Gasteiger partial charge on any atom is 0.310 e. The molecule has 0 saturated carbocycles. The standard InChI is InChI=1S/C23H20N4O3/c28-21(25-14-17-9-6-12-24-13-17)22(29)26-20-18-10-4-5-11-19(18)27(23(20)30)15-16-7-2-1-3-8-16/h1-13,20H,14-15H2,(H,25,28)(H,26,29)/t20-/m1/s1. The molecule has 0 saturated heterocycles. The van der Waals surface area contributed by atoms with Gasteiger partial charge in [0.15, 0.2) is 0 Å². The molecule has 2 N–H and O–H groups in total. The van der Waals surface area contributed by atoms with Crippen LogP contribution in [0.2, 0.25) is 0 Å². The van der Waals surface area contributed by atoms with Crippen molar-refractivity contribution >= 4 is 23.4 Å². The van der Waals surface area contributed by atoms with Crippen molar-refractivity contribution in [3.8, 4) is 0 Å². The molecule has 2 aromatic carbocycles. The number of anilines is 1. The first kappa shape index (κ1) is 19.3. The zero-order valence-electron chi connectivity index (χ0n) is 16.1. The van der Waals surface area contributed by atoms with Crippen molar-refractivity contribution in [3.05, 3.63) is 95.8 Å². The van der Waals surface area contributed by atoms with E-state index in [0.717, 1.165) is 16.8 Å². The van der Waals surface area contributed by atoms with E-state index in [1.54, 1.807) is 41.6 Å². The van der Waals surface area contributed by atoms with Gasteiger partial charge in [0, 0.05) is 30.2 Å². The van der Waals surface area contributed by atoms with Crippen LogP contribution in [0.25, 0.3) is 0 Å². The van der Waals surface area contributed by atoms with E-state index in [9.17, 15) is 14.4 Å². The smallest absolute Gasteiger partial charge is 0.310 e. The molecule has 150 valence electrons. The van der Waals surface area contributed by atoms with Crippen molar-refractivity contribution in [1.82, 2.24) is 15.6 Å². The summed E-state index contributed by atoms with van der Waals surface area (Å²) in [6.45, 7) is 0.561. The highest BCUT2D eigenvalue weighted by Gasteiger charge is 2.38. The minimum Gasteiger partial charge on any atom is -0.344 e. The van der Waals surface area contributed by atoms with Crippen LogP contribution in [0.3, 0.4) is 0 Å². The van der Waals surface area contributed by atoms with E-state index in [-0.39, 0.29) is 12.5 Å². The van der Waals surface area contributed by atoms with Gasteiger partial charge in [-0.3, -0.25) is 19.4 Å². The third kappa shape index (κ3) is 4.05. The third-order valence-corrected chi connectivity index (χ3v) is 4.89. The van der Waals surface area contributed by atoms with Crippen LogP contribution >= 0.6 is 0 Å². The Balaban J connectivity index is 1.46. The Morgan fingerprint density at radius 3 is 2.40 bits per heavy atom. The second-order valence-corrected chi connectivity index (χ2v) is 6.92. The molecule has 3 aromatic rings. The topological polar surface area (TPSA) is 91.4 Å². The number of carbonyl (C=O) groups excluding carboxylic acids is 3. The highest BCUT2D eigenvalue weighted by Crippen LogP contribution is 2.36. The largest absolute Gasteiger partial charge is 0.344 e. The molecule has 0 aliphatic carbocycles. The molecule has 3 amide bonds. The number of para-hydroxylation sites is 1. The first-order valence-corrected chi connectivity index (χ1v) is 9.55. The molecule has 4 rings (SSSR count). The fourth-order valence-corrected chi connectivity index (χ4v) is 3.42. The maximum atomic E-state index is 13.1. The van der Waals surface area contributed by atoms with E-state index >= 15 is 0 Å². The molecule has 1 aliphatic heterocycles. The van der Waals surface area contributed by atoms with E-state index in [1.165, 1.54) is 0 Å². The van der Waals surface area contributed by atoms with E-state index in [0.29, 0.717) is 12.1 Å². The second kappa shape index (κ2) is 8.57. The second-order valence-electron chi connectivity index (χ2n) is 6.92. The van der Waals surface area contributed by atoms with Crippen LogP contribution in [0.1, 0.15) is 22.7 Å². The third-order valence-electron chi connectivity index (χ3n) is 4.89. The van der Waals surface area contributed by atoms with Gasteiger partial charge in [-0.2, -0.15) is 0 Å². The summed E-state index contributed by atoms with van der Waals surface area (Å²) in [5, 5.41) is 5.13. The molecule has 0 bridgehead atoms. The molecule has 1 aromatic heterocycles. The van der Waals surface area contributed by atoms with Crippen LogP contribution < -0.4 is 15.5 Å². The summed E-state index contributed by atoms with van der Waals surface area (Å²) < 4.78 is 0. The molecule has 0 unspecified atom stereocenters. The summed E-state index contributed by atoms with van der Waals surface area (Å²) >= 11 is 0. The Kier molecular flexibility index (Phi) is 5.52. The van der Waals surface area contributed by atoms with Gasteiger partial charge in [0.2, 0.25) is 0 Å². The van der Waals surface area contributed by atoms with Crippen molar-refractivity contribution in [2.24, 2.45) is 0 Å². The monoisotopic (exact) mass is 400 g/mol. The van der Waals surface area contributed by atoms with Gasteiger partial charge in [0.05, 0.1) is 6.54 Å². The van der Waals surface area contributed by atoms with E-state index in [1.807, 2.05) is 42.5 Å². The van der Waals surface area contributed by atoms with Gasteiger partial charge >= 0.3 is 11.8 Å². The summed E-state index contributed by atoms with van der Waals surface area (Å²) in [6, 6.07) is 19.5. The van der Waals surface area contributed by atoms with Crippen LogP contribution in [-0.4, -0.2) is 22.7 Å². The van der Waals surface area contributed by atoms with Crippen LogP contribution in [0.15, 0.2) is 79.1 Å². The lowest BCUT2D eigenvalue weighted by atomic mass is 10.1. The maximum absolute atomic E-state index is 13.1. The number of rotatable bonds is 5. The highest BCUT2D eigenvalue weighted by atomic mass is 16.2. The first-order valence-electron chi connectivity index (χ1n) is 9.55. The first-order chi connectivity index (χ1) is 14.6. The summed E-state index contributed by atoms with van der Waals surface area (Å²) in [5.74, 6) is -1.92. The highest BCUT2D eigenvalue weighted by molar-refractivity contribution is 6.35. The number of benzene rings is 2. The Hall–Kier alpha value is -4.00. The zero-order valence-corrected chi connectivity index (χ0v) is 16.1. The van der Waals surface area contributed by atoms with Crippen molar-refractivity contribution in [2.75, 3.05) is 4.90 Å². The number of carbonyl (C=O) groups is 3. The van der Waals surface area contributed by atoms with Gasteiger partial charge in [-0.1, -0.05) is 54.6 Å². The molecular weight excluding hydrogens is 380 g/mol. The van der Waals surface area contributed by atoms with Crippen LogP contribution in [0.5, 0.6) is 0 Å². The number of nitrogens with one attached hydrogen (secondary N) is 2. The van der Waals surface area contributed by atoms with E-state index < -0.39 is 17.9 Å². The van der Waals surface area contributed by atoms with Crippen molar-refractivity contribution in [2.45, 2.75) is 19.1 Å². The van der Waals surface area contributed by atoms with Crippen molar-refractivity contribution in [1.29, 1.82) is 0 Å². The summed E-state index contributed by atoms with van der Waals surface area (Å²) in [7, 11) is 0. The Bertz CT molecular complexity index is 1070. The fraction of sp³-hybridized carbons (Fsp3) is 0.130. The van der Waals surface area contributed by atoms with Gasteiger partial charge in [-0.25, -0.2) is 0 Å². The van der Waals surface area contributed by atoms with E-state index in [2.05, 4.69) is 15.6 Å². The lowest BCUT2D eigenvalue weighted by Crippen LogP contribution is -2.44. The predicted molar refractivity (Wildman–Crippen MR) is 111 cm³/mol. The summed E-state index contributed by atoms with van der Waals surface area (Å²) in [4.78, 5) is 43.3. The number of hydrogen-bond donors (Lipinski definition) is 2. The lowest BCUT2D eigenvalue weighted by Gasteiger charge is -2.18. The Morgan fingerprint density at radius 1 is 0.900 bits per heavy atom. The molecule has 1 atom stereocenters. The van der Waals surface area contributed by atoms with Gasteiger partial charge in [-0.15, -0.1) is 0 Å². The molecule has 7 nitrogen and oxygen atoms in total. The number of aromatic nitrogens is 1. The van der Waals surface area contributed by atoms with Crippen LogP contribution in [-0.2, 0) is 27.5 Å². The van der Waals surface area contributed by atoms with Crippen molar-refractivity contribution in [3.63, 3.8) is 0 Å². The van der Waals surface area contributed by atoms with E-state index in [4.69, 9.17) is 0 Å². The predicted octanol–water partition coefficient (Wildman–Crippen LogP) is 2.10. The van der Waals surface area contributed by atoms with Crippen LogP contribution in [0, 0.1) is 0 Å². The number of fused-ring (bicyclic) bond motifs is 1. The molecule has 0 spiro atoms. The summed E-state index contributed by atoms with van der Waals surface area (Å²) in [5.41, 5.74) is 3.15. The number of nitrogens with zero attached hydrogens (tertiary/aromatic N) is 2. The van der Waals surface area contributed by atoms with Gasteiger partial charge in [0.1, 0.15) is 6.04 Å². The normalized spacial score (nSPS) is 14.9. The average Bonchev–Trinajstić information content (AvgIpc) is 3.05. The molecule has 1 aliphatic rings. The Labute approximate surface area is 173 Å². The average molecular weight is 400 g/mol. The molecule has 2 heterocycles. The number of pyridine rings is 1. The summed E-state index contributed by atoms with van der Waals surface area (Å²) in [6.07, 6.45) is 3.23. The lowest BCUT2D eigenvalue weighted by molar-refractivity contribution is -0.140. The van der Waals surface area contributed by atoms with Crippen LogP contribution in [0.4, 0.5) is 5.69 Å². The number of amides is 3. The zero-order chi connectivity index (χ0) is 20.9. The molecule has 0 fully saturated rings. The quantitative estimate of drug-likeness (QED) is 0.642. The Morgan fingerprint density at radius 2 is 1.63 bits per heavy atom. The molecule has 30 heavy (non-hydrogen) atoms.